The lowest BCUT2D eigenvalue weighted by molar-refractivity contribution is 0.673. The zero-order valence-electron chi connectivity index (χ0n) is 37.1. The van der Waals surface area contributed by atoms with Gasteiger partial charge in [0, 0.05) is 43.9 Å². The SMILES string of the molecule is c1ccc(-n2c3ccccc3c3ccc(N(c4ccccc4-c4ccc5c(c4)C(c4ccccc4)(c4ccccc4)c4ccccc4-5)c4cccc5c4oc4c6ccccc6ccc54)cc32)cc1. The molecular formula is C65H42N2O. The van der Waals surface area contributed by atoms with Crippen molar-refractivity contribution in [2.75, 3.05) is 4.90 Å². The van der Waals surface area contributed by atoms with Crippen molar-refractivity contribution in [1.82, 2.24) is 4.57 Å². The first-order valence-corrected chi connectivity index (χ1v) is 23.4. The molecule has 0 bridgehead atoms. The minimum Gasteiger partial charge on any atom is -0.453 e. The van der Waals surface area contributed by atoms with Gasteiger partial charge in [0.2, 0.25) is 0 Å². The molecule has 0 unspecified atom stereocenters. The predicted molar refractivity (Wildman–Crippen MR) is 283 cm³/mol. The van der Waals surface area contributed by atoms with Crippen molar-refractivity contribution >= 4 is 71.6 Å². The highest BCUT2D eigenvalue weighted by atomic mass is 16.3. The first-order chi connectivity index (χ1) is 33.8. The topological polar surface area (TPSA) is 21.3 Å². The lowest BCUT2D eigenvalue weighted by atomic mass is 9.67. The molecule has 0 fully saturated rings. The van der Waals surface area contributed by atoms with Gasteiger partial charge in [0.25, 0.3) is 0 Å². The van der Waals surface area contributed by atoms with Crippen LogP contribution in [-0.4, -0.2) is 4.57 Å². The summed E-state index contributed by atoms with van der Waals surface area (Å²) in [5, 5.41) is 6.86. The quantitative estimate of drug-likeness (QED) is 0.159. The molecule has 0 N–H and O–H groups in total. The normalized spacial score (nSPS) is 12.8. The molecule has 318 valence electrons. The molecule has 13 aromatic rings. The van der Waals surface area contributed by atoms with E-state index in [2.05, 4.69) is 264 Å². The van der Waals surface area contributed by atoms with E-state index >= 15 is 0 Å². The van der Waals surface area contributed by atoms with Crippen LogP contribution in [-0.2, 0) is 5.41 Å². The number of hydrogen-bond acceptors (Lipinski definition) is 2. The molecular weight excluding hydrogens is 825 g/mol. The van der Waals surface area contributed by atoms with Crippen molar-refractivity contribution in [1.29, 1.82) is 0 Å². The molecule has 2 heterocycles. The second-order valence-electron chi connectivity index (χ2n) is 17.9. The molecule has 2 aromatic heterocycles. The van der Waals surface area contributed by atoms with E-state index in [1.54, 1.807) is 0 Å². The molecule has 0 amide bonds. The second kappa shape index (κ2) is 15.1. The van der Waals surface area contributed by atoms with Gasteiger partial charge in [0.05, 0.1) is 27.8 Å². The van der Waals surface area contributed by atoms with Gasteiger partial charge < -0.3 is 13.9 Å². The summed E-state index contributed by atoms with van der Waals surface area (Å²) < 4.78 is 9.57. The Morgan fingerprint density at radius 2 is 0.941 bits per heavy atom. The third-order valence-corrected chi connectivity index (χ3v) is 14.5. The van der Waals surface area contributed by atoms with E-state index in [1.165, 1.54) is 49.7 Å². The smallest absolute Gasteiger partial charge is 0.159 e. The summed E-state index contributed by atoms with van der Waals surface area (Å²) in [4.78, 5) is 2.43. The minimum absolute atomic E-state index is 0.530. The van der Waals surface area contributed by atoms with Crippen molar-refractivity contribution in [2.45, 2.75) is 5.41 Å². The Bertz CT molecular complexity index is 4050. The van der Waals surface area contributed by atoms with Crippen molar-refractivity contribution < 1.29 is 4.42 Å². The van der Waals surface area contributed by atoms with Gasteiger partial charge in [-0.15, -0.1) is 0 Å². The third-order valence-electron chi connectivity index (χ3n) is 14.5. The standard InChI is InChI=1S/C65H42N2O/c1-4-20-45(21-5-1)65(46-22-6-2-7-23-46)57-31-15-12-28-51(57)52-38-36-44(41-58(52)65)49-26-13-16-32-59(49)67(61-34-18-30-55-56-39-35-43-19-10-11-27-50(43)63(56)68-64(55)61)48-37-40-54-53-29-14-17-33-60(53)66(62(54)42-48)47-24-8-3-9-25-47/h1-42H. The van der Waals surface area contributed by atoms with Crippen LogP contribution in [0.2, 0.25) is 0 Å². The number of hydrogen-bond donors (Lipinski definition) is 0. The van der Waals surface area contributed by atoms with Crippen molar-refractivity contribution in [3.8, 4) is 27.9 Å². The molecule has 0 radical (unpaired) electrons. The fourth-order valence-electron chi connectivity index (χ4n) is 11.6. The predicted octanol–water partition coefficient (Wildman–Crippen LogP) is 17.3. The Morgan fingerprint density at radius 3 is 1.75 bits per heavy atom. The molecule has 3 nitrogen and oxygen atoms in total. The van der Waals surface area contributed by atoms with Crippen LogP contribution in [0, 0.1) is 0 Å². The number of aromatic nitrogens is 1. The first-order valence-electron chi connectivity index (χ1n) is 23.4. The van der Waals surface area contributed by atoms with Crippen LogP contribution < -0.4 is 4.90 Å². The number of benzene rings is 11. The zero-order chi connectivity index (χ0) is 44.8. The Balaban J connectivity index is 1.05. The number of fused-ring (bicyclic) bond motifs is 11. The number of nitrogens with zero attached hydrogens (tertiary/aromatic N) is 2. The van der Waals surface area contributed by atoms with Gasteiger partial charge in [0.15, 0.2) is 5.58 Å². The number of furan rings is 1. The maximum Gasteiger partial charge on any atom is 0.159 e. The number of rotatable bonds is 7. The van der Waals surface area contributed by atoms with Crippen LogP contribution >= 0.6 is 0 Å². The Morgan fingerprint density at radius 1 is 0.353 bits per heavy atom. The van der Waals surface area contributed by atoms with Gasteiger partial charge in [-0.05, 0) is 98.9 Å². The summed E-state index contributed by atoms with van der Waals surface area (Å²) in [6.45, 7) is 0. The van der Waals surface area contributed by atoms with Gasteiger partial charge in [-0.25, -0.2) is 0 Å². The highest BCUT2D eigenvalue weighted by molar-refractivity contribution is 6.18. The highest BCUT2D eigenvalue weighted by Gasteiger charge is 2.46. The van der Waals surface area contributed by atoms with Crippen molar-refractivity contribution in [3.63, 3.8) is 0 Å². The molecule has 3 heteroatoms. The minimum atomic E-state index is -0.530. The average molecular weight is 867 g/mol. The highest BCUT2D eigenvalue weighted by Crippen LogP contribution is 2.57. The lowest BCUT2D eigenvalue weighted by Gasteiger charge is -2.34. The van der Waals surface area contributed by atoms with Gasteiger partial charge in [-0.1, -0.05) is 200 Å². The van der Waals surface area contributed by atoms with Gasteiger partial charge in [0.1, 0.15) is 5.58 Å². The molecule has 1 aliphatic rings. The van der Waals surface area contributed by atoms with Crippen molar-refractivity contribution in [2.24, 2.45) is 0 Å². The van der Waals surface area contributed by atoms with Crippen molar-refractivity contribution in [3.05, 3.63) is 277 Å². The maximum absolute atomic E-state index is 7.17. The van der Waals surface area contributed by atoms with Crippen LogP contribution in [0.5, 0.6) is 0 Å². The number of anilines is 3. The van der Waals surface area contributed by atoms with Gasteiger partial charge in [-0.2, -0.15) is 0 Å². The van der Waals surface area contributed by atoms with E-state index in [0.29, 0.717) is 0 Å². The van der Waals surface area contributed by atoms with Crippen LogP contribution in [0.25, 0.3) is 82.5 Å². The summed E-state index contributed by atoms with van der Waals surface area (Å²) in [6.07, 6.45) is 0. The molecule has 0 atom stereocenters. The molecule has 1 aliphatic carbocycles. The number of para-hydroxylation sites is 4. The van der Waals surface area contributed by atoms with E-state index in [4.69, 9.17) is 4.42 Å². The third kappa shape index (κ3) is 5.54. The Hall–Kier alpha value is -8.92. The van der Waals surface area contributed by atoms with E-state index in [-0.39, 0.29) is 0 Å². The van der Waals surface area contributed by atoms with E-state index in [9.17, 15) is 0 Å². The fourth-order valence-corrected chi connectivity index (χ4v) is 11.6. The molecule has 0 saturated carbocycles. The van der Waals surface area contributed by atoms with Crippen LogP contribution in [0.1, 0.15) is 22.3 Å². The molecule has 0 saturated heterocycles. The average Bonchev–Trinajstić information content (AvgIpc) is 4.06. The maximum atomic E-state index is 7.17. The monoisotopic (exact) mass is 866 g/mol. The molecule has 68 heavy (non-hydrogen) atoms. The Labute approximate surface area is 394 Å². The Kier molecular flexibility index (Phi) is 8.50. The first kappa shape index (κ1) is 38.4. The summed E-state index contributed by atoms with van der Waals surface area (Å²) in [7, 11) is 0. The fraction of sp³-hybridized carbons (Fsp3) is 0.0154. The van der Waals surface area contributed by atoms with E-state index in [1.807, 2.05) is 0 Å². The summed E-state index contributed by atoms with van der Waals surface area (Å²) in [6, 6.07) is 93.1. The lowest BCUT2D eigenvalue weighted by Crippen LogP contribution is -2.28. The van der Waals surface area contributed by atoms with Gasteiger partial charge >= 0.3 is 0 Å². The van der Waals surface area contributed by atoms with Crippen LogP contribution in [0.3, 0.4) is 0 Å². The van der Waals surface area contributed by atoms with Crippen LogP contribution in [0.4, 0.5) is 17.1 Å². The molecule has 14 rings (SSSR count). The molecule has 0 spiro atoms. The summed E-state index contributed by atoms with van der Waals surface area (Å²) >= 11 is 0. The zero-order valence-corrected chi connectivity index (χ0v) is 37.1. The summed E-state index contributed by atoms with van der Waals surface area (Å²) in [5.74, 6) is 0. The van der Waals surface area contributed by atoms with Crippen LogP contribution in [0.15, 0.2) is 259 Å². The van der Waals surface area contributed by atoms with E-state index in [0.717, 1.165) is 72.1 Å². The van der Waals surface area contributed by atoms with E-state index < -0.39 is 5.41 Å². The molecule has 0 aliphatic heterocycles. The van der Waals surface area contributed by atoms with Gasteiger partial charge in [-0.3, -0.25) is 0 Å². The largest absolute Gasteiger partial charge is 0.453 e. The second-order valence-corrected chi connectivity index (χ2v) is 17.9. The summed E-state index contributed by atoms with van der Waals surface area (Å²) in [5.41, 5.74) is 17.5. The molecule has 11 aromatic carbocycles.